The monoisotopic (exact) mass is 464 g/mol. The van der Waals surface area contributed by atoms with Gasteiger partial charge in [0.15, 0.2) is 17.0 Å². The minimum absolute atomic E-state index is 0.305. The average molecular weight is 465 g/mol. The van der Waals surface area contributed by atoms with Gasteiger partial charge in [0.2, 0.25) is 5.95 Å². The van der Waals surface area contributed by atoms with Crippen molar-refractivity contribution in [1.82, 2.24) is 19.5 Å². The summed E-state index contributed by atoms with van der Waals surface area (Å²) in [5, 5.41) is 7.05. The van der Waals surface area contributed by atoms with E-state index in [0.29, 0.717) is 36.3 Å². The van der Waals surface area contributed by atoms with Gasteiger partial charge in [-0.15, -0.1) is 0 Å². The van der Waals surface area contributed by atoms with E-state index in [9.17, 15) is 0 Å². The fourth-order valence-corrected chi connectivity index (χ4v) is 5.22. The van der Waals surface area contributed by atoms with E-state index in [-0.39, 0.29) is 0 Å². The number of anilines is 3. The first-order chi connectivity index (χ1) is 16.6. The Kier molecular flexibility index (Phi) is 6.71. The second kappa shape index (κ2) is 10.0. The molecule has 2 aromatic heterocycles. The molecular weight excluding hydrogens is 428 g/mol. The Morgan fingerprint density at radius 2 is 1.85 bits per heavy atom. The second-order valence-electron chi connectivity index (χ2n) is 9.69. The van der Waals surface area contributed by atoms with Crippen molar-refractivity contribution < 1.29 is 4.74 Å². The number of nitrogens with zero attached hydrogens (tertiary/aromatic N) is 4. The number of methoxy groups -OCH3 is 1. The Morgan fingerprint density at radius 3 is 2.62 bits per heavy atom. The van der Waals surface area contributed by atoms with Crippen LogP contribution >= 0.6 is 0 Å². The largest absolute Gasteiger partial charge is 0.497 e. The van der Waals surface area contributed by atoms with Crippen LogP contribution in [0.2, 0.25) is 0 Å². The molecule has 0 unspecified atom stereocenters. The van der Waals surface area contributed by atoms with Gasteiger partial charge in [-0.25, -0.2) is 4.98 Å². The van der Waals surface area contributed by atoms with E-state index in [1.807, 2.05) is 24.5 Å². The van der Waals surface area contributed by atoms with Crippen LogP contribution in [-0.2, 0) is 6.54 Å². The van der Waals surface area contributed by atoms with Crippen LogP contribution in [0.15, 0.2) is 24.5 Å². The zero-order valence-corrected chi connectivity index (χ0v) is 20.0. The molecule has 182 valence electrons. The van der Waals surface area contributed by atoms with E-state index in [1.54, 1.807) is 7.11 Å². The minimum atomic E-state index is 0.305. The number of nitrogens with one attached hydrogen (secondary N) is 2. The molecule has 0 amide bonds. The van der Waals surface area contributed by atoms with Crippen LogP contribution in [0.25, 0.3) is 11.2 Å². The number of rotatable bonds is 7. The van der Waals surface area contributed by atoms with Crippen molar-refractivity contribution in [1.29, 1.82) is 0 Å². The molecule has 6 N–H and O–H groups in total. The third-order valence-corrected chi connectivity index (χ3v) is 7.29. The van der Waals surface area contributed by atoms with Gasteiger partial charge in [-0.05, 0) is 62.3 Å². The Morgan fingerprint density at radius 1 is 1.06 bits per heavy atom. The zero-order chi connectivity index (χ0) is 23.5. The molecule has 0 bridgehead atoms. The molecule has 9 heteroatoms. The van der Waals surface area contributed by atoms with Crippen molar-refractivity contribution in [3.05, 3.63) is 30.1 Å². The molecule has 2 aliphatic rings. The van der Waals surface area contributed by atoms with Gasteiger partial charge in [-0.1, -0.05) is 19.3 Å². The molecule has 2 heterocycles. The highest BCUT2D eigenvalue weighted by atomic mass is 16.5. The summed E-state index contributed by atoms with van der Waals surface area (Å²) >= 11 is 0. The van der Waals surface area contributed by atoms with Gasteiger partial charge in [-0.3, -0.25) is 0 Å². The highest BCUT2D eigenvalue weighted by Crippen LogP contribution is 2.32. The third-order valence-electron chi connectivity index (χ3n) is 7.29. The van der Waals surface area contributed by atoms with E-state index in [1.165, 1.54) is 32.1 Å². The van der Waals surface area contributed by atoms with Crippen LogP contribution in [0, 0.1) is 0 Å². The summed E-state index contributed by atoms with van der Waals surface area (Å²) in [6.45, 7) is 0.517. The summed E-state index contributed by atoms with van der Waals surface area (Å²) in [6, 6.07) is 6.77. The lowest BCUT2D eigenvalue weighted by Crippen LogP contribution is -2.33. The molecule has 0 aliphatic heterocycles. The number of aromatic nitrogens is 4. The van der Waals surface area contributed by atoms with E-state index >= 15 is 0 Å². The van der Waals surface area contributed by atoms with E-state index in [2.05, 4.69) is 15.2 Å². The Bertz CT molecular complexity index is 1120. The Hall–Kier alpha value is -3.07. The van der Waals surface area contributed by atoms with Crippen LogP contribution in [0.3, 0.4) is 0 Å². The van der Waals surface area contributed by atoms with Crippen LogP contribution in [0.1, 0.15) is 69.4 Å². The van der Waals surface area contributed by atoms with Gasteiger partial charge in [0.05, 0.1) is 13.4 Å². The van der Waals surface area contributed by atoms with Gasteiger partial charge in [0.25, 0.3) is 0 Å². The second-order valence-corrected chi connectivity index (χ2v) is 9.69. The number of nitrogens with two attached hydrogens (primary N) is 2. The maximum atomic E-state index is 6.22. The van der Waals surface area contributed by atoms with Crippen molar-refractivity contribution in [2.45, 2.75) is 82.5 Å². The summed E-state index contributed by atoms with van der Waals surface area (Å²) < 4.78 is 7.62. The number of nitrogen functional groups attached to an aromatic ring is 1. The number of benzene rings is 1. The Balaban J connectivity index is 1.45. The van der Waals surface area contributed by atoms with Gasteiger partial charge >= 0.3 is 0 Å². The van der Waals surface area contributed by atoms with Crippen molar-refractivity contribution in [2.24, 2.45) is 5.73 Å². The molecule has 0 radical (unpaired) electrons. The van der Waals surface area contributed by atoms with Crippen molar-refractivity contribution in [2.75, 3.05) is 23.5 Å². The topological polar surface area (TPSA) is 129 Å². The quantitative estimate of drug-likeness (QED) is 0.383. The van der Waals surface area contributed by atoms with Gasteiger partial charge in [0.1, 0.15) is 5.75 Å². The van der Waals surface area contributed by atoms with Crippen LogP contribution in [0.4, 0.5) is 17.5 Å². The average Bonchev–Trinajstić information content (AvgIpc) is 3.29. The number of ether oxygens (including phenoxy) is 1. The lowest BCUT2D eigenvalue weighted by Gasteiger charge is -2.27. The van der Waals surface area contributed by atoms with E-state index in [4.69, 9.17) is 31.2 Å². The molecular formula is C25H36N8O. The standard InChI is InChI=1S/C25H36N8O/c1-34-20-11-12-21(27)16(13-20)14-28-23-22-24(33(15-29-22)19-5-3-2-4-6-19)32-25(31-23)30-18-9-7-17(26)8-10-18/h11-13,15,17-19H,2-10,14,26-27H2,1H3,(H2,28,30,31,32). The lowest BCUT2D eigenvalue weighted by atomic mass is 9.92. The molecule has 1 aromatic carbocycles. The van der Waals surface area contributed by atoms with E-state index < -0.39 is 0 Å². The number of imidazole rings is 1. The van der Waals surface area contributed by atoms with Crippen LogP contribution in [-0.4, -0.2) is 38.7 Å². The van der Waals surface area contributed by atoms with E-state index in [0.717, 1.165) is 54.0 Å². The SMILES string of the molecule is COc1ccc(N)c(CNc2nc(NC3CCC(N)CC3)nc3c2ncn3C2CCCCC2)c1. The minimum Gasteiger partial charge on any atom is -0.497 e. The molecule has 0 atom stereocenters. The molecule has 34 heavy (non-hydrogen) atoms. The zero-order valence-electron chi connectivity index (χ0n) is 20.0. The molecule has 0 spiro atoms. The van der Waals surface area contributed by atoms with Gasteiger partial charge < -0.3 is 31.4 Å². The smallest absolute Gasteiger partial charge is 0.227 e. The Labute approximate surface area is 200 Å². The first-order valence-electron chi connectivity index (χ1n) is 12.5. The summed E-state index contributed by atoms with van der Waals surface area (Å²) in [7, 11) is 1.66. The number of hydrogen-bond acceptors (Lipinski definition) is 8. The number of fused-ring (bicyclic) bond motifs is 1. The van der Waals surface area contributed by atoms with Gasteiger partial charge in [0, 0.05) is 30.4 Å². The molecule has 0 saturated heterocycles. The van der Waals surface area contributed by atoms with Crippen molar-refractivity contribution >= 4 is 28.6 Å². The summed E-state index contributed by atoms with van der Waals surface area (Å²) in [5.74, 6) is 2.14. The highest BCUT2D eigenvalue weighted by molar-refractivity contribution is 5.84. The fourth-order valence-electron chi connectivity index (χ4n) is 5.22. The third kappa shape index (κ3) is 4.89. The van der Waals surface area contributed by atoms with Gasteiger partial charge in [-0.2, -0.15) is 9.97 Å². The molecule has 2 saturated carbocycles. The highest BCUT2D eigenvalue weighted by Gasteiger charge is 2.23. The maximum Gasteiger partial charge on any atom is 0.227 e. The molecule has 5 rings (SSSR count). The molecule has 2 aliphatic carbocycles. The summed E-state index contributed by atoms with van der Waals surface area (Å²) in [4.78, 5) is 14.5. The number of hydrogen-bond donors (Lipinski definition) is 4. The maximum absolute atomic E-state index is 6.22. The first-order valence-corrected chi connectivity index (χ1v) is 12.5. The fraction of sp³-hybridized carbons (Fsp3) is 0.560. The summed E-state index contributed by atoms with van der Waals surface area (Å²) in [6.07, 6.45) is 12.2. The molecule has 9 nitrogen and oxygen atoms in total. The molecule has 3 aromatic rings. The predicted octanol–water partition coefficient (Wildman–Crippen LogP) is 4.22. The normalized spacial score (nSPS) is 21.5. The van der Waals surface area contributed by atoms with Crippen molar-refractivity contribution in [3.63, 3.8) is 0 Å². The summed E-state index contributed by atoms with van der Waals surface area (Å²) in [5.41, 5.74) is 15.7. The van der Waals surface area contributed by atoms with Crippen LogP contribution < -0.4 is 26.8 Å². The van der Waals surface area contributed by atoms with Crippen molar-refractivity contribution in [3.8, 4) is 5.75 Å². The van der Waals surface area contributed by atoms with Crippen LogP contribution in [0.5, 0.6) is 5.75 Å². The first kappa shape index (κ1) is 22.7. The molecule has 2 fully saturated rings. The lowest BCUT2D eigenvalue weighted by molar-refractivity contribution is 0.358. The predicted molar refractivity (Wildman–Crippen MR) is 136 cm³/mol.